The lowest BCUT2D eigenvalue weighted by molar-refractivity contribution is -0.134. The van der Waals surface area contributed by atoms with Gasteiger partial charge < -0.3 is 4.90 Å². The van der Waals surface area contributed by atoms with E-state index in [2.05, 4.69) is 21.8 Å². The van der Waals surface area contributed by atoms with Gasteiger partial charge in [0.2, 0.25) is 5.91 Å². The topological polar surface area (TPSA) is 71.3 Å². The number of nitrogens with zero attached hydrogens (tertiary/aromatic N) is 5. The van der Waals surface area contributed by atoms with E-state index in [4.69, 9.17) is 0 Å². The molecule has 1 aliphatic rings. The van der Waals surface area contributed by atoms with Gasteiger partial charge in [0.1, 0.15) is 6.54 Å². The maximum absolute atomic E-state index is 13.0. The minimum absolute atomic E-state index is 0.0276. The molecule has 7 nitrogen and oxygen atoms in total. The predicted molar refractivity (Wildman–Crippen MR) is 116 cm³/mol. The smallest absolute Gasteiger partial charge is 0.261 e. The third-order valence-electron chi connectivity index (χ3n) is 5.84. The van der Waals surface area contributed by atoms with Crippen molar-refractivity contribution in [2.75, 3.05) is 19.6 Å². The lowest BCUT2D eigenvalue weighted by Gasteiger charge is -2.39. The Hall–Kier alpha value is -3.06. The van der Waals surface area contributed by atoms with Crippen LogP contribution in [-0.2, 0) is 17.9 Å². The summed E-state index contributed by atoms with van der Waals surface area (Å²) in [6.45, 7) is 5.37. The first kappa shape index (κ1) is 20.2. The highest BCUT2D eigenvalue weighted by molar-refractivity contribution is 5.79. The quantitative estimate of drug-likeness (QED) is 0.629. The van der Waals surface area contributed by atoms with Crippen LogP contribution >= 0.6 is 0 Å². The van der Waals surface area contributed by atoms with Gasteiger partial charge in [0.05, 0.1) is 17.2 Å². The first-order chi connectivity index (χ1) is 14.7. The lowest BCUT2D eigenvalue weighted by Crippen LogP contribution is -2.50. The van der Waals surface area contributed by atoms with Crippen LogP contribution in [-0.4, -0.2) is 55.9 Å². The van der Waals surface area contributed by atoms with E-state index in [9.17, 15) is 9.59 Å². The Balaban J connectivity index is 1.44. The summed E-state index contributed by atoms with van der Waals surface area (Å²) in [4.78, 5) is 38.4. The zero-order chi connectivity index (χ0) is 20.9. The summed E-state index contributed by atoms with van der Waals surface area (Å²) in [5.41, 5.74) is 1.71. The SMILES string of the molecule is CCN(Cc1ccncc1)C1CCCN(C(=O)Cn2cnc3ccccc3c2=O)C1. The molecule has 1 amide bonds. The number of pyridine rings is 1. The maximum Gasteiger partial charge on any atom is 0.261 e. The van der Waals surface area contributed by atoms with Crippen molar-refractivity contribution < 1.29 is 4.79 Å². The zero-order valence-electron chi connectivity index (χ0n) is 17.3. The van der Waals surface area contributed by atoms with E-state index < -0.39 is 0 Å². The van der Waals surface area contributed by atoms with Gasteiger partial charge in [0.15, 0.2) is 0 Å². The van der Waals surface area contributed by atoms with Crippen molar-refractivity contribution in [2.45, 2.75) is 38.9 Å². The average Bonchev–Trinajstić information content (AvgIpc) is 2.80. The molecule has 1 aliphatic heterocycles. The molecule has 1 aromatic carbocycles. The van der Waals surface area contributed by atoms with E-state index in [1.54, 1.807) is 12.1 Å². The molecule has 2 aromatic heterocycles. The monoisotopic (exact) mass is 405 g/mol. The van der Waals surface area contributed by atoms with Crippen LogP contribution < -0.4 is 5.56 Å². The molecule has 1 saturated heterocycles. The molecule has 0 saturated carbocycles. The Morgan fingerprint density at radius 1 is 1.20 bits per heavy atom. The summed E-state index contributed by atoms with van der Waals surface area (Å²) in [7, 11) is 0. The molecule has 0 N–H and O–H groups in total. The molecule has 0 bridgehead atoms. The van der Waals surface area contributed by atoms with Crippen molar-refractivity contribution in [3.63, 3.8) is 0 Å². The largest absolute Gasteiger partial charge is 0.340 e. The van der Waals surface area contributed by atoms with Crippen molar-refractivity contribution in [3.05, 3.63) is 71.0 Å². The number of likely N-dealkylation sites (tertiary alicyclic amines) is 1. The van der Waals surface area contributed by atoms with Gasteiger partial charge in [-0.3, -0.25) is 24.0 Å². The fourth-order valence-corrected chi connectivity index (χ4v) is 4.17. The van der Waals surface area contributed by atoms with E-state index >= 15 is 0 Å². The molecule has 3 aromatic rings. The number of aromatic nitrogens is 3. The van der Waals surface area contributed by atoms with Crippen LogP contribution in [0, 0.1) is 0 Å². The Morgan fingerprint density at radius 2 is 2.00 bits per heavy atom. The summed E-state index contributed by atoms with van der Waals surface area (Å²) < 4.78 is 1.42. The van der Waals surface area contributed by atoms with Gasteiger partial charge in [0, 0.05) is 38.1 Å². The molecular weight excluding hydrogens is 378 g/mol. The van der Waals surface area contributed by atoms with Gasteiger partial charge in [-0.05, 0) is 49.2 Å². The van der Waals surface area contributed by atoms with Crippen molar-refractivity contribution in [1.29, 1.82) is 0 Å². The molecule has 4 rings (SSSR count). The first-order valence-electron chi connectivity index (χ1n) is 10.5. The number of para-hydroxylation sites is 1. The summed E-state index contributed by atoms with van der Waals surface area (Å²) in [5.74, 6) is -0.0288. The van der Waals surface area contributed by atoms with Crippen LogP contribution in [0.15, 0.2) is 59.9 Å². The van der Waals surface area contributed by atoms with E-state index in [0.29, 0.717) is 23.5 Å². The Kier molecular flexibility index (Phi) is 6.18. The van der Waals surface area contributed by atoms with Gasteiger partial charge in [-0.1, -0.05) is 19.1 Å². The summed E-state index contributed by atoms with van der Waals surface area (Å²) >= 11 is 0. The summed E-state index contributed by atoms with van der Waals surface area (Å²) in [5, 5.41) is 0.541. The van der Waals surface area contributed by atoms with Crippen LogP contribution in [0.5, 0.6) is 0 Å². The standard InChI is InChI=1S/C23H27N5O2/c1-2-26(14-18-9-11-24-12-10-18)19-6-5-13-27(15-19)22(29)16-28-17-25-21-8-4-3-7-20(21)23(28)30/h3-4,7-12,17,19H,2,5-6,13-16H2,1H3. The van der Waals surface area contributed by atoms with Crippen molar-refractivity contribution in [2.24, 2.45) is 0 Å². The lowest BCUT2D eigenvalue weighted by atomic mass is 10.0. The normalized spacial score (nSPS) is 16.9. The van der Waals surface area contributed by atoms with E-state index in [1.807, 2.05) is 41.6 Å². The van der Waals surface area contributed by atoms with E-state index in [1.165, 1.54) is 16.5 Å². The molecule has 156 valence electrons. The van der Waals surface area contributed by atoms with Crippen molar-refractivity contribution in [1.82, 2.24) is 24.3 Å². The molecule has 7 heteroatoms. The van der Waals surface area contributed by atoms with E-state index in [-0.39, 0.29) is 18.0 Å². The third-order valence-corrected chi connectivity index (χ3v) is 5.84. The molecule has 3 heterocycles. The van der Waals surface area contributed by atoms with Gasteiger partial charge in [-0.15, -0.1) is 0 Å². The van der Waals surface area contributed by atoms with Crippen molar-refractivity contribution in [3.8, 4) is 0 Å². The molecule has 1 unspecified atom stereocenters. The molecule has 1 fully saturated rings. The second kappa shape index (κ2) is 9.17. The second-order valence-corrected chi connectivity index (χ2v) is 7.75. The van der Waals surface area contributed by atoms with Gasteiger partial charge in [-0.2, -0.15) is 0 Å². The highest BCUT2D eigenvalue weighted by atomic mass is 16.2. The fraction of sp³-hybridized carbons (Fsp3) is 0.391. The van der Waals surface area contributed by atoms with E-state index in [0.717, 1.165) is 32.5 Å². The number of amides is 1. The first-order valence-corrected chi connectivity index (χ1v) is 10.5. The molecule has 0 spiro atoms. The molecule has 1 atom stereocenters. The van der Waals surface area contributed by atoms with Crippen molar-refractivity contribution >= 4 is 16.8 Å². The van der Waals surface area contributed by atoms with Crippen LogP contribution in [0.25, 0.3) is 10.9 Å². The number of carbonyl (C=O) groups is 1. The second-order valence-electron chi connectivity index (χ2n) is 7.75. The van der Waals surface area contributed by atoms with Gasteiger partial charge >= 0.3 is 0 Å². The number of carbonyl (C=O) groups excluding carboxylic acids is 1. The molecule has 0 radical (unpaired) electrons. The zero-order valence-corrected chi connectivity index (χ0v) is 17.3. The average molecular weight is 406 g/mol. The van der Waals surface area contributed by atoms with Crippen LogP contribution in [0.3, 0.4) is 0 Å². The number of likely N-dealkylation sites (N-methyl/N-ethyl adjacent to an activating group) is 1. The van der Waals surface area contributed by atoms with Crippen LogP contribution in [0.1, 0.15) is 25.3 Å². The Morgan fingerprint density at radius 3 is 2.80 bits per heavy atom. The number of fused-ring (bicyclic) bond motifs is 1. The highest BCUT2D eigenvalue weighted by Crippen LogP contribution is 2.18. The Bertz CT molecular complexity index is 1070. The minimum atomic E-state index is -0.171. The number of rotatable bonds is 6. The molecular formula is C23H27N5O2. The van der Waals surface area contributed by atoms with Crippen LogP contribution in [0.4, 0.5) is 0 Å². The third kappa shape index (κ3) is 4.41. The van der Waals surface area contributed by atoms with Gasteiger partial charge in [0.25, 0.3) is 5.56 Å². The number of hydrogen-bond donors (Lipinski definition) is 0. The summed E-state index contributed by atoms with van der Waals surface area (Å²) in [6.07, 6.45) is 7.14. The predicted octanol–water partition coefficient (Wildman–Crippen LogP) is 2.30. The number of piperidine rings is 1. The fourth-order valence-electron chi connectivity index (χ4n) is 4.17. The number of hydrogen-bond acceptors (Lipinski definition) is 5. The van der Waals surface area contributed by atoms with Gasteiger partial charge in [-0.25, -0.2) is 4.98 Å². The summed E-state index contributed by atoms with van der Waals surface area (Å²) in [6, 6.07) is 11.6. The molecule has 30 heavy (non-hydrogen) atoms. The van der Waals surface area contributed by atoms with Crippen LogP contribution in [0.2, 0.25) is 0 Å². The highest BCUT2D eigenvalue weighted by Gasteiger charge is 2.27. The Labute approximate surface area is 176 Å². The minimum Gasteiger partial charge on any atom is -0.340 e. The molecule has 0 aliphatic carbocycles. The maximum atomic E-state index is 13.0. The number of benzene rings is 1.